The number of carbonyl (C=O) groups is 1. The minimum absolute atomic E-state index is 0.0158. The Morgan fingerprint density at radius 1 is 1.22 bits per heavy atom. The number of rotatable bonds is 6. The van der Waals surface area contributed by atoms with Crippen LogP contribution in [0.3, 0.4) is 0 Å². The second-order valence-corrected chi connectivity index (χ2v) is 8.58. The van der Waals surface area contributed by atoms with Gasteiger partial charge in [0.05, 0.1) is 25.3 Å². The molecule has 8 nitrogen and oxygen atoms in total. The third kappa shape index (κ3) is 4.55. The summed E-state index contributed by atoms with van der Waals surface area (Å²) in [5, 5.41) is 3.34. The molecular formula is C24H32N6O2. The normalized spacial score (nSPS) is 18.3. The monoisotopic (exact) mass is 436 g/mol. The fraction of sp³-hybridized carbons (Fsp3) is 0.458. The lowest BCUT2D eigenvalue weighted by molar-refractivity contribution is -0.129. The van der Waals surface area contributed by atoms with Gasteiger partial charge in [0.1, 0.15) is 5.76 Å². The van der Waals surface area contributed by atoms with Gasteiger partial charge in [0.2, 0.25) is 11.9 Å². The number of allylic oxidation sites excluding steroid dienone is 2. The summed E-state index contributed by atoms with van der Waals surface area (Å²) in [5.41, 5.74) is 9.73. The van der Waals surface area contributed by atoms with Gasteiger partial charge in [-0.3, -0.25) is 4.79 Å². The molecule has 3 N–H and O–H groups in total. The Labute approximate surface area is 189 Å². The number of methoxy groups -OCH3 is 1. The van der Waals surface area contributed by atoms with Crippen LogP contribution in [0, 0.1) is 5.92 Å². The van der Waals surface area contributed by atoms with Crippen molar-refractivity contribution >= 4 is 23.2 Å². The predicted octanol–water partition coefficient (Wildman–Crippen LogP) is 2.65. The molecule has 170 valence electrons. The van der Waals surface area contributed by atoms with Crippen molar-refractivity contribution < 1.29 is 9.53 Å². The van der Waals surface area contributed by atoms with Crippen LogP contribution in [0.25, 0.3) is 0 Å². The van der Waals surface area contributed by atoms with Gasteiger partial charge in [-0.15, -0.1) is 0 Å². The lowest BCUT2D eigenvalue weighted by atomic mass is 9.83. The van der Waals surface area contributed by atoms with Gasteiger partial charge in [0.25, 0.3) is 0 Å². The van der Waals surface area contributed by atoms with Crippen molar-refractivity contribution in [3.05, 3.63) is 53.6 Å². The van der Waals surface area contributed by atoms with E-state index in [1.807, 2.05) is 23.2 Å². The van der Waals surface area contributed by atoms with Gasteiger partial charge >= 0.3 is 0 Å². The van der Waals surface area contributed by atoms with Gasteiger partial charge in [-0.05, 0) is 48.2 Å². The van der Waals surface area contributed by atoms with E-state index in [-0.39, 0.29) is 18.4 Å². The summed E-state index contributed by atoms with van der Waals surface area (Å²) in [6.07, 6.45) is 4.84. The average molecular weight is 437 g/mol. The molecule has 1 saturated heterocycles. The summed E-state index contributed by atoms with van der Waals surface area (Å²) in [6.45, 7) is 7.46. The highest BCUT2D eigenvalue weighted by Gasteiger charge is 2.29. The molecule has 0 bridgehead atoms. The number of hydrogen-bond acceptors (Lipinski definition) is 7. The SMILES string of the molecule is COC1=CCc2cnc(Nc3ccc(N4CCN(C(=O)CN)CC4)cc3)nc2C1C(C)C. The molecule has 4 rings (SSSR count). The highest BCUT2D eigenvalue weighted by molar-refractivity contribution is 5.78. The van der Waals surface area contributed by atoms with E-state index >= 15 is 0 Å². The van der Waals surface area contributed by atoms with Crippen LogP contribution < -0.4 is 16.0 Å². The number of anilines is 3. The number of nitrogens with two attached hydrogens (primary N) is 1. The van der Waals surface area contributed by atoms with Crippen LogP contribution in [0.1, 0.15) is 31.0 Å². The molecule has 2 aromatic rings. The van der Waals surface area contributed by atoms with Gasteiger partial charge < -0.3 is 25.6 Å². The largest absolute Gasteiger partial charge is 0.501 e. The Hall–Kier alpha value is -3.13. The number of nitrogens with zero attached hydrogens (tertiary/aromatic N) is 4. The quantitative estimate of drug-likeness (QED) is 0.719. The third-order valence-corrected chi connectivity index (χ3v) is 6.22. The van der Waals surface area contributed by atoms with E-state index < -0.39 is 0 Å². The fourth-order valence-electron chi connectivity index (χ4n) is 4.46. The molecule has 1 amide bonds. The molecule has 0 spiro atoms. The van der Waals surface area contributed by atoms with Crippen LogP contribution in [-0.4, -0.2) is 60.6 Å². The van der Waals surface area contributed by atoms with Crippen molar-refractivity contribution in [2.24, 2.45) is 11.7 Å². The highest BCUT2D eigenvalue weighted by Crippen LogP contribution is 2.37. The summed E-state index contributed by atoms with van der Waals surface area (Å²) < 4.78 is 5.62. The number of hydrogen-bond donors (Lipinski definition) is 2. The first-order valence-corrected chi connectivity index (χ1v) is 11.2. The minimum atomic E-state index is 0.0158. The van der Waals surface area contributed by atoms with E-state index in [4.69, 9.17) is 15.5 Å². The van der Waals surface area contributed by atoms with Gasteiger partial charge in [0.15, 0.2) is 0 Å². The zero-order valence-corrected chi connectivity index (χ0v) is 19.0. The van der Waals surface area contributed by atoms with Crippen molar-refractivity contribution in [1.29, 1.82) is 0 Å². The van der Waals surface area contributed by atoms with Crippen molar-refractivity contribution in [2.75, 3.05) is 50.1 Å². The molecular weight excluding hydrogens is 404 g/mol. The summed E-state index contributed by atoms with van der Waals surface area (Å²) in [7, 11) is 1.73. The smallest absolute Gasteiger partial charge is 0.236 e. The molecule has 8 heteroatoms. The van der Waals surface area contributed by atoms with E-state index in [1.165, 1.54) is 0 Å². The van der Waals surface area contributed by atoms with Gasteiger partial charge in [0, 0.05) is 43.8 Å². The number of carbonyl (C=O) groups excluding carboxylic acids is 1. The maximum atomic E-state index is 11.8. The van der Waals surface area contributed by atoms with E-state index in [9.17, 15) is 4.79 Å². The van der Waals surface area contributed by atoms with Crippen LogP contribution in [-0.2, 0) is 16.0 Å². The van der Waals surface area contributed by atoms with Gasteiger partial charge in [-0.25, -0.2) is 9.97 Å². The van der Waals surface area contributed by atoms with E-state index in [2.05, 4.69) is 47.3 Å². The highest BCUT2D eigenvalue weighted by atomic mass is 16.5. The lowest BCUT2D eigenvalue weighted by Gasteiger charge is -2.36. The van der Waals surface area contributed by atoms with Crippen LogP contribution in [0.5, 0.6) is 0 Å². The molecule has 2 aliphatic rings. The van der Waals surface area contributed by atoms with Crippen molar-refractivity contribution in [3.8, 4) is 0 Å². The third-order valence-electron chi connectivity index (χ3n) is 6.22. The van der Waals surface area contributed by atoms with Crippen molar-refractivity contribution in [2.45, 2.75) is 26.2 Å². The maximum Gasteiger partial charge on any atom is 0.236 e. The first kappa shape index (κ1) is 22.1. The summed E-state index contributed by atoms with van der Waals surface area (Å²) >= 11 is 0. The number of aromatic nitrogens is 2. The molecule has 1 fully saturated rings. The molecule has 1 unspecified atom stereocenters. The fourth-order valence-corrected chi connectivity index (χ4v) is 4.46. The zero-order valence-electron chi connectivity index (χ0n) is 19.0. The average Bonchev–Trinajstić information content (AvgIpc) is 2.83. The van der Waals surface area contributed by atoms with Crippen LogP contribution in [0.4, 0.5) is 17.3 Å². The predicted molar refractivity (Wildman–Crippen MR) is 126 cm³/mol. The molecule has 0 radical (unpaired) electrons. The Balaban J connectivity index is 1.44. The molecule has 1 aliphatic carbocycles. The standard InChI is InChI=1S/C24H32N6O2/c1-16(2)22-20(32-3)9-4-17-15-26-24(28-23(17)22)27-18-5-7-19(8-6-18)29-10-12-30(13-11-29)21(31)14-25/h5-9,15-16,22H,4,10-14,25H2,1-3H3,(H,26,27,28). The molecule has 1 atom stereocenters. The Morgan fingerprint density at radius 2 is 1.94 bits per heavy atom. The topological polar surface area (TPSA) is 96.6 Å². The number of nitrogens with one attached hydrogen (secondary N) is 1. The first-order chi connectivity index (χ1) is 15.5. The van der Waals surface area contributed by atoms with Crippen molar-refractivity contribution in [3.63, 3.8) is 0 Å². The Kier molecular flexibility index (Phi) is 6.60. The summed E-state index contributed by atoms with van der Waals surface area (Å²) in [4.78, 5) is 25.3. The number of piperazine rings is 1. The number of amides is 1. The molecule has 32 heavy (non-hydrogen) atoms. The van der Waals surface area contributed by atoms with Crippen molar-refractivity contribution in [1.82, 2.24) is 14.9 Å². The van der Waals surface area contributed by atoms with E-state index in [1.54, 1.807) is 7.11 Å². The zero-order chi connectivity index (χ0) is 22.7. The molecule has 1 aromatic carbocycles. The van der Waals surface area contributed by atoms with Gasteiger partial charge in [-0.2, -0.15) is 0 Å². The van der Waals surface area contributed by atoms with E-state index in [0.717, 1.165) is 47.9 Å². The first-order valence-electron chi connectivity index (χ1n) is 11.2. The maximum absolute atomic E-state index is 11.8. The Morgan fingerprint density at radius 3 is 2.56 bits per heavy atom. The lowest BCUT2D eigenvalue weighted by Crippen LogP contribution is -2.50. The number of ether oxygens (including phenoxy) is 1. The summed E-state index contributed by atoms with van der Waals surface area (Å²) in [6, 6.07) is 8.25. The molecule has 1 aromatic heterocycles. The number of benzene rings is 1. The number of fused-ring (bicyclic) bond motifs is 1. The van der Waals surface area contributed by atoms with Crippen LogP contribution in [0.15, 0.2) is 42.3 Å². The molecule has 0 saturated carbocycles. The van der Waals surface area contributed by atoms with E-state index in [0.29, 0.717) is 25.0 Å². The summed E-state index contributed by atoms with van der Waals surface area (Å²) in [5.74, 6) is 2.10. The second-order valence-electron chi connectivity index (χ2n) is 8.58. The van der Waals surface area contributed by atoms with Gasteiger partial charge in [-0.1, -0.05) is 13.8 Å². The second kappa shape index (κ2) is 9.56. The van der Waals surface area contributed by atoms with Crippen LogP contribution in [0.2, 0.25) is 0 Å². The van der Waals surface area contributed by atoms with Crippen LogP contribution >= 0.6 is 0 Å². The minimum Gasteiger partial charge on any atom is -0.501 e. The molecule has 1 aliphatic heterocycles. The Bertz CT molecular complexity index is 980. The molecule has 2 heterocycles.